The van der Waals surface area contributed by atoms with E-state index in [1.807, 2.05) is 0 Å². The Morgan fingerprint density at radius 1 is 1.20 bits per heavy atom. The van der Waals surface area contributed by atoms with Gasteiger partial charge in [0.2, 0.25) is 5.75 Å². The Morgan fingerprint density at radius 3 is 2.35 bits per heavy atom. The molecule has 1 aromatic rings. The van der Waals surface area contributed by atoms with Gasteiger partial charge < -0.3 is 19.9 Å². The number of hydrogen-bond acceptors (Lipinski definition) is 6. The summed E-state index contributed by atoms with van der Waals surface area (Å²) in [6.45, 7) is 0. The Labute approximate surface area is 116 Å². The molecular formula is C13H18N2O5. The van der Waals surface area contributed by atoms with Gasteiger partial charge in [-0.25, -0.2) is 0 Å². The number of nitro groups is 1. The molecule has 0 saturated heterocycles. The van der Waals surface area contributed by atoms with Crippen LogP contribution < -0.4 is 19.9 Å². The maximum absolute atomic E-state index is 11.1. The van der Waals surface area contributed by atoms with Gasteiger partial charge in [-0.1, -0.05) is 0 Å². The van der Waals surface area contributed by atoms with Crippen LogP contribution in [0.3, 0.4) is 0 Å². The summed E-state index contributed by atoms with van der Waals surface area (Å²) in [6.07, 6.45) is 2.43. The van der Waals surface area contributed by atoms with E-state index in [9.17, 15) is 10.1 Å². The van der Waals surface area contributed by atoms with Crippen molar-refractivity contribution in [3.05, 3.63) is 22.2 Å². The zero-order valence-corrected chi connectivity index (χ0v) is 11.5. The highest BCUT2D eigenvalue weighted by Gasteiger charge is 2.29. The third-order valence-corrected chi connectivity index (χ3v) is 3.44. The van der Waals surface area contributed by atoms with E-state index in [0.717, 1.165) is 19.3 Å². The second-order valence-corrected chi connectivity index (χ2v) is 4.68. The first-order valence-electron chi connectivity index (χ1n) is 6.39. The van der Waals surface area contributed by atoms with Gasteiger partial charge in [0.25, 0.3) is 0 Å². The number of rotatable bonds is 5. The fourth-order valence-corrected chi connectivity index (χ4v) is 2.35. The first-order valence-corrected chi connectivity index (χ1v) is 6.39. The number of ether oxygens (including phenoxy) is 3. The Bertz CT molecular complexity index is 506. The van der Waals surface area contributed by atoms with Crippen LogP contribution in [-0.4, -0.2) is 31.3 Å². The topological polar surface area (TPSA) is 96.9 Å². The van der Waals surface area contributed by atoms with Crippen LogP contribution in [0, 0.1) is 10.1 Å². The number of methoxy groups -OCH3 is 2. The number of nitro benzene ring substituents is 1. The lowest BCUT2D eigenvalue weighted by Crippen LogP contribution is -2.33. The highest BCUT2D eigenvalue weighted by atomic mass is 16.6. The molecule has 1 aliphatic rings. The molecule has 2 rings (SSSR count). The van der Waals surface area contributed by atoms with Gasteiger partial charge in [0.05, 0.1) is 25.2 Å². The van der Waals surface area contributed by atoms with Crippen LogP contribution in [0.2, 0.25) is 0 Å². The van der Waals surface area contributed by atoms with E-state index in [-0.39, 0.29) is 23.6 Å². The number of nitrogens with two attached hydrogens (primary N) is 1. The molecule has 0 radical (unpaired) electrons. The van der Waals surface area contributed by atoms with Crippen LogP contribution in [-0.2, 0) is 0 Å². The minimum atomic E-state index is -0.502. The smallest absolute Gasteiger partial charge is 0.314 e. The highest BCUT2D eigenvalue weighted by Crippen LogP contribution is 2.40. The molecule has 1 saturated carbocycles. The second-order valence-electron chi connectivity index (χ2n) is 4.68. The third-order valence-electron chi connectivity index (χ3n) is 3.44. The van der Waals surface area contributed by atoms with E-state index in [1.165, 1.54) is 26.4 Å². The average Bonchev–Trinajstić information content (AvgIpc) is 2.83. The van der Waals surface area contributed by atoms with Crippen LogP contribution in [0.4, 0.5) is 5.69 Å². The van der Waals surface area contributed by atoms with Gasteiger partial charge in [-0.3, -0.25) is 10.1 Å². The van der Waals surface area contributed by atoms with Crippen molar-refractivity contribution in [1.29, 1.82) is 0 Å². The molecule has 1 fully saturated rings. The predicted molar refractivity (Wildman–Crippen MR) is 72.4 cm³/mol. The van der Waals surface area contributed by atoms with Crippen molar-refractivity contribution in [3.8, 4) is 17.2 Å². The first kappa shape index (κ1) is 14.4. The molecular weight excluding hydrogens is 264 g/mol. The van der Waals surface area contributed by atoms with E-state index in [4.69, 9.17) is 19.9 Å². The van der Waals surface area contributed by atoms with Crippen molar-refractivity contribution < 1.29 is 19.1 Å². The SMILES string of the molecule is COc1cc(OC2CCCC2N)c([N+](=O)[O-])cc1OC. The molecule has 2 N–H and O–H groups in total. The Balaban J connectivity index is 2.36. The summed E-state index contributed by atoms with van der Waals surface area (Å²) in [6, 6.07) is 2.68. The maximum Gasteiger partial charge on any atom is 0.314 e. The minimum absolute atomic E-state index is 0.0947. The summed E-state index contributed by atoms with van der Waals surface area (Å²) in [5.74, 6) is 0.844. The summed E-state index contributed by atoms with van der Waals surface area (Å²) >= 11 is 0. The quantitative estimate of drug-likeness (QED) is 0.654. The van der Waals surface area contributed by atoms with Crippen molar-refractivity contribution in [2.45, 2.75) is 31.4 Å². The molecule has 0 aliphatic heterocycles. The van der Waals surface area contributed by atoms with Gasteiger partial charge >= 0.3 is 5.69 Å². The van der Waals surface area contributed by atoms with Crippen molar-refractivity contribution in [2.75, 3.05) is 14.2 Å². The van der Waals surface area contributed by atoms with Gasteiger partial charge in [-0.15, -0.1) is 0 Å². The van der Waals surface area contributed by atoms with Gasteiger partial charge in [0.1, 0.15) is 6.10 Å². The molecule has 110 valence electrons. The number of benzene rings is 1. The van der Waals surface area contributed by atoms with Crippen molar-refractivity contribution in [1.82, 2.24) is 0 Å². The highest BCUT2D eigenvalue weighted by molar-refractivity contribution is 5.58. The summed E-state index contributed by atoms with van der Waals surface area (Å²) < 4.78 is 15.9. The molecule has 0 bridgehead atoms. The Kier molecular flexibility index (Phi) is 4.29. The minimum Gasteiger partial charge on any atom is -0.493 e. The largest absolute Gasteiger partial charge is 0.493 e. The lowest BCUT2D eigenvalue weighted by Gasteiger charge is -2.18. The van der Waals surface area contributed by atoms with Crippen molar-refractivity contribution in [3.63, 3.8) is 0 Å². The first-order chi connectivity index (χ1) is 9.56. The lowest BCUT2D eigenvalue weighted by molar-refractivity contribution is -0.386. The Hall–Kier alpha value is -2.02. The van der Waals surface area contributed by atoms with Crippen molar-refractivity contribution in [2.24, 2.45) is 5.73 Å². The Morgan fingerprint density at radius 2 is 1.85 bits per heavy atom. The summed E-state index contributed by atoms with van der Waals surface area (Å²) in [7, 11) is 2.89. The molecule has 0 spiro atoms. The monoisotopic (exact) mass is 282 g/mol. The van der Waals surface area contributed by atoms with Gasteiger partial charge in [-0.2, -0.15) is 0 Å². The molecule has 0 amide bonds. The third kappa shape index (κ3) is 2.77. The van der Waals surface area contributed by atoms with Gasteiger partial charge in [-0.05, 0) is 19.3 Å². The van der Waals surface area contributed by atoms with Crippen LogP contribution in [0.1, 0.15) is 19.3 Å². The van der Waals surface area contributed by atoms with Crippen LogP contribution in [0.15, 0.2) is 12.1 Å². The standard InChI is InChI=1S/C13H18N2O5/c1-18-12-6-9(15(16)17)11(7-13(12)19-2)20-10-5-3-4-8(10)14/h6-8,10H,3-5,14H2,1-2H3. The molecule has 2 unspecified atom stereocenters. The maximum atomic E-state index is 11.1. The molecule has 1 aromatic carbocycles. The van der Waals surface area contributed by atoms with Crippen molar-refractivity contribution >= 4 is 5.69 Å². The van der Waals surface area contributed by atoms with Crippen LogP contribution >= 0.6 is 0 Å². The average molecular weight is 282 g/mol. The zero-order chi connectivity index (χ0) is 14.7. The predicted octanol–water partition coefficient (Wildman–Crippen LogP) is 1.87. The molecule has 2 atom stereocenters. The van der Waals surface area contributed by atoms with Gasteiger partial charge in [0.15, 0.2) is 11.5 Å². The molecule has 0 aromatic heterocycles. The zero-order valence-electron chi connectivity index (χ0n) is 11.5. The fraction of sp³-hybridized carbons (Fsp3) is 0.538. The fourth-order valence-electron chi connectivity index (χ4n) is 2.35. The molecule has 7 nitrogen and oxygen atoms in total. The van der Waals surface area contributed by atoms with E-state index >= 15 is 0 Å². The molecule has 1 aliphatic carbocycles. The van der Waals surface area contributed by atoms with Crippen LogP contribution in [0.25, 0.3) is 0 Å². The normalized spacial score (nSPS) is 21.6. The molecule has 7 heteroatoms. The lowest BCUT2D eigenvalue weighted by atomic mass is 10.2. The van der Waals surface area contributed by atoms with E-state index in [1.54, 1.807) is 0 Å². The molecule has 0 heterocycles. The van der Waals surface area contributed by atoms with E-state index < -0.39 is 4.92 Å². The van der Waals surface area contributed by atoms with Crippen LogP contribution in [0.5, 0.6) is 17.2 Å². The van der Waals surface area contributed by atoms with Gasteiger partial charge in [0, 0.05) is 12.1 Å². The van der Waals surface area contributed by atoms with E-state index in [2.05, 4.69) is 0 Å². The summed E-state index contributed by atoms with van der Waals surface area (Å²) in [5.41, 5.74) is 5.78. The summed E-state index contributed by atoms with van der Waals surface area (Å²) in [5, 5.41) is 11.1. The second kappa shape index (κ2) is 5.96. The number of hydrogen-bond donors (Lipinski definition) is 1. The van der Waals surface area contributed by atoms with E-state index in [0.29, 0.717) is 11.5 Å². The number of nitrogens with zero attached hydrogens (tertiary/aromatic N) is 1. The summed E-state index contributed by atoms with van der Waals surface area (Å²) in [4.78, 5) is 10.6. The molecule has 20 heavy (non-hydrogen) atoms.